The fraction of sp³-hybridized carbons (Fsp3) is 0.412. The van der Waals surface area contributed by atoms with Gasteiger partial charge in [0.05, 0.1) is 18.7 Å². The first-order chi connectivity index (χ1) is 10.8. The van der Waals surface area contributed by atoms with Gasteiger partial charge in [0.15, 0.2) is 5.79 Å². The first-order valence-corrected chi connectivity index (χ1v) is 7.78. The van der Waals surface area contributed by atoms with Crippen molar-refractivity contribution in [3.8, 4) is 0 Å². The summed E-state index contributed by atoms with van der Waals surface area (Å²) in [5, 5.41) is 5.64. The number of rotatable bonds is 2. The van der Waals surface area contributed by atoms with E-state index in [4.69, 9.17) is 9.47 Å². The van der Waals surface area contributed by atoms with Gasteiger partial charge >= 0.3 is 0 Å². The van der Waals surface area contributed by atoms with Crippen molar-refractivity contribution in [3.63, 3.8) is 0 Å². The monoisotopic (exact) mass is 297 g/mol. The third kappa shape index (κ3) is 2.69. The van der Waals surface area contributed by atoms with Crippen LogP contribution in [0.5, 0.6) is 0 Å². The van der Waals surface area contributed by atoms with E-state index in [1.165, 1.54) is 0 Å². The Kier molecular flexibility index (Phi) is 3.52. The van der Waals surface area contributed by atoms with Gasteiger partial charge in [-0.05, 0) is 31.0 Å². The summed E-state index contributed by atoms with van der Waals surface area (Å²) in [6.07, 6.45) is 3.58. The largest absolute Gasteiger partial charge is 0.348 e. The normalized spacial score (nSPS) is 20.5. The Labute approximate surface area is 129 Å². The molecule has 114 valence electrons. The predicted molar refractivity (Wildman–Crippen MR) is 85.9 cm³/mol. The molecule has 1 aliphatic carbocycles. The van der Waals surface area contributed by atoms with Crippen LogP contribution in [-0.4, -0.2) is 29.7 Å². The number of hydrazone groups is 1. The molecule has 2 aromatic rings. The molecule has 1 aromatic heterocycles. The van der Waals surface area contributed by atoms with Gasteiger partial charge in [-0.3, -0.25) is 5.43 Å². The number of hydrogen-bond acceptors (Lipinski definition) is 5. The molecule has 5 heteroatoms. The number of pyridine rings is 1. The zero-order valence-electron chi connectivity index (χ0n) is 12.4. The van der Waals surface area contributed by atoms with Gasteiger partial charge in [0, 0.05) is 23.9 Å². The molecule has 1 aliphatic heterocycles. The molecular formula is C17H19N3O2. The van der Waals surface area contributed by atoms with Crippen molar-refractivity contribution in [2.24, 2.45) is 5.10 Å². The highest BCUT2D eigenvalue weighted by Crippen LogP contribution is 2.34. The van der Waals surface area contributed by atoms with Crippen LogP contribution in [0.3, 0.4) is 0 Å². The van der Waals surface area contributed by atoms with E-state index in [1.807, 2.05) is 24.3 Å². The minimum atomic E-state index is -0.333. The quantitative estimate of drug-likeness (QED) is 0.864. The van der Waals surface area contributed by atoms with Crippen molar-refractivity contribution >= 4 is 22.4 Å². The van der Waals surface area contributed by atoms with Crippen LogP contribution >= 0.6 is 0 Å². The zero-order chi connectivity index (χ0) is 14.8. The number of nitrogens with zero attached hydrogens (tertiary/aromatic N) is 2. The minimum absolute atomic E-state index is 0.333. The Morgan fingerprint density at radius 1 is 1.00 bits per heavy atom. The average molecular weight is 297 g/mol. The molecule has 1 saturated carbocycles. The molecule has 0 radical (unpaired) electrons. The molecule has 1 saturated heterocycles. The van der Waals surface area contributed by atoms with Gasteiger partial charge in [-0.2, -0.15) is 5.10 Å². The minimum Gasteiger partial charge on any atom is -0.348 e. The maximum Gasteiger partial charge on any atom is 0.169 e. The Hall–Kier alpha value is -1.98. The van der Waals surface area contributed by atoms with E-state index in [0.29, 0.717) is 13.2 Å². The van der Waals surface area contributed by atoms with Gasteiger partial charge in [-0.1, -0.05) is 18.2 Å². The number of nitrogens with one attached hydrogen (secondary N) is 1. The van der Waals surface area contributed by atoms with Crippen molar-refractivity contribution in [2.75, 3.05) is 18.6 Å². The number of benzene rings is 1. The second kappa shape index (κ2) is 5.66. The highest BCUT2D eigenvalue weighted by Gasteiger charge is 2.39. The molecular weight excluding hydrogens is 278 g/mol. The molecule has 22 heavy (non-hydrogen) atoms. The van der Waals surface area contributed by atoms with E-state index in [0.717, 1.165) is 48.1 Å². The van der Waals surface area contributed by atoms with E-state index < -0.39 is 0 Å². The molecule has 2 aliphatic rings. The van der Waals surface area contributed by atoms with E-state index in [2.05, 4.69) is 27.6 Å². The number of hydrogen-bond donors (Lipinski definition) is 1. The molecule has 5 nitrogen and oxygen atoms in total. The average Bonchev–Trinajstić information content (AvgIpc) is 3.02. The zero-order valence-corrected chi connectivity index (χ0v) is 12.4. The second-order valence-corrected chi connectivity index (χ2v) is 5.79. The molecule has 2 heterocycles. The molecule has 0 atom stereocenters. The smallest absolute Gasteiger partial charge is 0.169 e. The molecule has 0 amide bonds. The molecule has 1 spiro atoms. The van der Waals surface area contributed by atoms with E-state index in [9.17, 15) is 0 Å². The third-order valence-corrected chi connectivity index (χ3v) is 4.33. The molecule has 0 bridgehead atoms. The summed E-state index contributed by atoms with van der Waals surface area (Å²) in [5.41, 5.74) is 5.21. The van der Waals surface area contributed by atoms with Gasteiger partial charge in [0.1, 0.15) is 5.82 Å². The van der Waals surface area contributed by atoms with Crippen molar-refractivity contribution in [2.45, 2.75) is 31.5 Å². The number of fused-ring (bicyclic) bond motifs is 1. The van der Waals surface area contributed by atoms with Crippen LogP contribution < -0.4 is 5.43 Å². The van der Waals surface area contributed by atoms with Crippen molar-refractivity contribution < 1.29 is 9.47 Å². The lowest BCUT2D eigenvalue weighted by molar-refractivity contribution is -0.167. The summed E-state index contributed by atoms with van der Waals surface area (Å²) in [7, 11) is 0. The lowest BCUT2D eigenvalue weighted by Gasteiger charge is -2.31. The summed E-state index contributed by atoms with van der Waals surface area (Å²) in [6.45, 7) is 1.43. The number of ether oxygens (including phenoxy) is 2. The van der Waals surface area contributed by atoms with Gasteiger partial charge in [0.25, 0.3) is 0 Å². The lowest BCUT2D eigenvalue weighted by atomic mass is 9.92. The van der Waals surface area contributed by atoms with Crippen LogP contribution in [0.15, 0.2) is 41.5 Å². The molecule has 1 aromatic carbocycles. The SMILES string of the molecule is c1ccc2nc(NN=C3CCC4(CC3)OCCO4)ccc2c1. The van der Waals surface area contributed by atoms with Crippen LogP contribution in [0.4, 0.5) is 5.82 Å². The maximum absolute atomic E-state index is 5.73. The Morgan fingerprint density at radius 3 is 2.59 bits per heavy atom. The van der Waals surface area contributed by atoms with Crippen LogP contribution in [-0.2, 0) is 9.47 Å². The molecule has 4 rings (SSSR count). The topological polar surface area (TPSA) is 55.7 Å². The van der Waals surface area contributed by atoms with Crippen molar-refractivity contribution in [1.29, 1.82) is 0 Å². The molecule has 1 N–H and O–H groups in total. The molecule has 0 unspecified atom stereocenters. The Bertz CT molecular complexity index is 696. The first kappa shape index (κ1) is 13.7. The van der Waals surface area contributed by atoms with Crippen LogP contribution in [0.1, 0.15) is 25.7 Å². The summed E-state index contributed by atoms with van der Waals surface area (Å²) < 4.78 is 11.5. The standard InChI is InChI=1S/C17H19N3O2/c1-2-4-15-13(3-1)5-6-16(18-15)20-19-14-7-9-17(10-8-14)21-11-12-22-17/h1-6H,7-12H2,(H,18,20). The summed E-state index contributed by atoms with van der Waals surface area (Å²) in [6, 6.07) is 12.1. The predicted octanol–water partition coefficient (Wildman–Crippen LogP) is 3.32. The second-order valence-electron chi connectivity index (χ2n) is 5.79. The molecule has 2 fully saturated rings. The fourth-order valence-electron chi connectivity index (χ4n) is 3.08. The number of aromatic nitrogens is 1. The van der Waals surface area contributed by atoms with E-state index in [1.54, 1.807) is 0 Å². The third-order valence-electron chi connectivity index (χ3n) is 4.33. The highest BCUT2D eigenvalue weighted by molar-refractivity contribution is 5.86. The van der Waals surface area contributed by atoms with Gasteiger partial charge < -0.3 is 9.47 Å². The van der Waals surface area contributed by atoms with Gasteiger partial charge in [0.2, 0.25) is 0 Å². The van der Waals surface area contributed by atoms with Gasteiger partial charge in [-0.25, -0.2) is 4.98 Å². The Morgan fingerprint density at radius 2 is 1.77 bits per heavy atom. The van der Waals surface area contributed by atoms with E-state index >= 15 is 0 Å². The number of anilines is 1. The van der Waals surface area contributed by atoms with Crippen molar-refractivity contribution in [1.82, 2.24) is 4.98 Å². The van der Waals surface area contributed by atoms with Crippen LogP contribution in [0, 0.1) is 0 Å². The van der Waals surface area contributed by atoms with Crippen LogP contribution in [0.2, 0.25) is 0 Å². The van der Waals surface area contributed by atoms with Crippen LogP contribution in [0.25, 0.3) is 10.9 Å². The Balaban J connectivity index is 1.43. The van der Waals surface area contributed by atoms with E-state index in [-0.39, 0.29) is 5.79 Å². The highest BCUT2D eigenvalue weighted by atomic mass is 16.7. The van der Waals surface area contributed by atoms with Crippen molar-refractivity contribution in [3.05, 3.63) is 36.4 Å². The fourth-order valence-corrected chi connectivity index (χ4v) is 3.08. The summed E-state index contributed by atoms with van der Waals surface area (Å²) in [4.78, 5) is 4.56. The number of para-hydroxylation sites is 1. The maximum atomic E-state index is 5.73. The first-order valence-electron chi connectivity index (χ1n) is 7.78. The summed E-state index contributed by atoms with van der Waals surface area (Å²) >= 11 is 0. The van der Waals surface area contributed by atoms with Gasteiger partial charge in [-0.15, -0.1) is 0 Å². The summed E-state index contributed by atoms with van der Waals surface area (Å²) in [5.74, 6) is 0.445. The lowest BCUT2D eigenvalue weighted by Crippen LogP contribution is -2.35.